The molecule has 5 rings (SSSR count). The van der Waals surface area contributed by atoms with Gasteiger partial charge < -0.3 is 0 Å². The molecule has 2 heteroatoms. The van der Waals surface area contributed by atoms with Gasteiger partial charge in [0.25, 0.3) is 0 Å². The number of rotatable bonds is 24. The predicted molar refractivity (Wildman–Crippen MR) is 237 cm³/mol. The van der Waals surface area contributed by atoms with Gasteiger partial charge in [-0.25, -0.2) is 0 Å². The second-order valence-electron chi connectivity index (χ2n) is 16.2. The van der Waals surface area contributed by atoms with E-state index in [2.05, 4.69) is 125 Å². The zero-order valence-electron chi connectivity index (χ0n) is 33.8. The van der Waals surface area contributed by atoms with Gasteiger partial charge in [0.15, 0.2) is 0 Å². The van der Waals surface area contributed by atoms with Gasteiger partial charge in [-0.05, 0) is 73.6 Å². The molecule has 1 fully saturated rings. The number of hydrogen-bond donors (Lipinski definition) is 0. The largest absolute Gasteiger partial charge is 0.121 e. The van der Waals surface area contributed by atoms with E-state index in [1.165, 1.54) is 141 Å². The maximum atomic E-state index is 2.67. The van der Waals surface area contributed by atoms with Crippen LogP contribution in [0, 0.1) is 0 Å². The Morgan fingerprint density at radius 1 is 0.308 bits per heavy atom. The average Bonchev–Trinajstić information content (AvgIpc) is 3.17. The fourth-order valence-electron chi connectivity index (χ4n) is 9.96. The normalized spacial score (nSPS) is 14.7. The van der Waals surface area contributed by atoms with E-state index in [0.29, 0.717) is 0 Å². The minimum absolute atomic E-state index is 1.23. The summed E-state index contributed by atoms with van der Waals surface area (Å²) in [6.45, 7) is 9.39. The molecular formula is C50H72Si2. The third-order valence-electron chi connectivity index (χ3n) is 12.7. The van der Waals surface area contributed by atoms with Crippen LogP contribution in [0.4, 0.5) is 0 Å². The Morgan fingerprint density at radius 2 is 0.538 bits per heavy atom. The summed E-state index contributed by atoms with van der Waals surface area (Å²) in [5, 5.41) is 7.25. The van der Waals surface area contributed by atoms with Crippen LogP contribution in [-0.4, -0.2) is 15.2 Å². The first-order chi connectivity index (χ1) is 25.7. The molecule has 0 aliphatic carbocycles. The SMILES string of the molecule is CCCCCCc1ccccc1[Si]1(c2ccccc2CCCCCC)CC[Si]1(c1ccccc1CCCCCC)c1ccccc1CCCCCC. The van der Waals surface area contributed by atoms with E-state index in [4.69, 9.17) is 0 Å². The molecule has 4 aromatic rings. The third kappa shape index (κ3) is 9.15. The Bertz CT molecular complexity index is 1390. The lowest BCUT2D eigenvalue weighted by Gasteiger charge is -2.60. The minimum atomic E-state index is -2.32. The number of unbranched alkanes of at least 4 members (excludes halogenated alkanes) is 12. The maximum Gasteiger partial charge on any atom is 0.121 e. The van der Waals surface area contributed by atoms with Gasteiger partial charge in [-0.15, -0.1) is 0 Å². The van der Waals surface area contributed by atoms with Crippen molar-refractivity contribution >= 4 is 35.9 Å². The highest BCUT2D eigenvalue weighted by molar-refractivity contribution is 7.63. The zero-order valence-corrected chi connectivity index (χ0v) is 35.8. The Hall–Kier alpha value is -2.69. The van der Waals surface area contributed by atoms with Gasteiger partial charge in [-0.1, -0.05) is 235 Å². The Kier molecular flexibility index (Phi) is 16.6. The number of benzene rings is 4. The van der Waals surface area contributed by atoms with Crippen molar-refractivity contribution in [2.24, 2.45) is 0 Å². The van der Waals surface area contributed by atoms with E-state index in [1.807, 2.05) is 20.7 Å². The van der Waals surface area contributed by atoms with Gasteiger partial charge >= 0.3 is 0 Å². The van der Waals surface area contributed by atoms with Crippen molar-refractivity contribution in [3.63, 3.8) is 0 Å². The summed E-state index contributed by atoms with van der Waals surface area (Å²) in [6.07, 6.45) is 26.1. The lowest BCUT2D eigenvalue weighted by atomic mass is 10.1. The quantitative estimate of drug-likeness (QED) is 0.0498. The molecule has 0 atom stereocenters. The van der Waals surface area contributed by atoms with Crippen molar-refractivity contribution in [3.8, 4) is 0 Å². The summed E-state index contributed by atoms with van der Waals surface area (Å²) in [6, 6.07) is 42.9. The van der Waals surface area contributed by atoms with Gasteiger partial charge in [0.2, 0.25) is 0 Å². The molecule has 1 aliphatic heterocycles. The molecule has 0 spiro atoms. The average molecular weight is 729 g/mol. The van der Waals surface area contributed by atoms with Crippen LogP contribution < -0.4 is 20.7 Å². The van der Waals surface area contributed by atoms with E-state index in [-0.39, 0.29) is 0 Å². The molecule has 280 valence electrons. The number of hydrogen-bond acceptors (Lipinski definition) is 0. The van der Waals surface area contributed by atoms with Crippen LogP contribution >= 0.6 is 0 Å². The molecule has 0 amide bonds. The molecule has 4 aromatic carbocycles. The van der Waals surface area contributed by atoms with Crippen LogP contribution in [0.1, 0.15) is 153 Å². The number of aryl methyl sites for hydroxylation is 4. The fourth-order valence-corrected chi connectivity index (χ4v) is 31.5. The molecule has 0 nitrogen and oxygen atoms in total. The van der Waals surface area contributed by atoms with Crippen molar-refractivity contribution in [2.75, 3.05) is 0 Å². The molecule has 0 bridgehead atoms. The molecule has 1 saturated heterocycles. The van der Waals surface area contributed by atoms with E-state index >= 15 is 0 Å². The van der Waals surface area contributed by atoms with Crippen LogP contribution in [0.3, 0.4) is 0 Å². The van der Waals surface area contributed by atoms with Crippen LogP contribution in [0.25, 0.3) is 0 Å². The van der Waals surface area contributed by atoms with Crippen molar-refractivity contribution in [1.29, 1.82) is 0 Å². The topological polar surface area (TPSA) is 0 Å². The molecule has 0 N–H and O–H groups in total. The van der Waals surface area contributed by atoms with Crippen LogP contribution in [0.5, 0.6) is 0 Å². The van der Waals surface area contributed by atoms with Gasteiger partial charge in [0.05, 0.1) is 0 Å². The summed E-state index contributed by atoms with van der Waals surface area (Å²) in [7, 11) is -4.63. The summed E-state index contributed by atoms with van der Waals surface area (Å²) in [5.74, 6) is 0. The maximum absolute atomic E-state index is 2.67. The van der Waals surface area contributed by atoms with Gasteiger partial charge in [-0.3, -0.25) is 0 Å². The van der Waals surface area contributed by atoms with Crippen molar-refractivity contribution < 1.29 is 0 Å². The highest BCUT2D eigenvalue weighted by atomic mass is 29.3. The minimum Gasteiger partial charge on any atom is -0.0654 e. The summed E-state index contributed by atoms with van der Waals surface area (Å²) in [5.41, 5.74) is 6.74. The highest BCUT2D eigenvalue weighted by Gasteiger charge is 2.67. The fraction of sp³-hybridized carbons (Fsp3) is 0.520. The molecule has 0 aromatic heterocycles. The van der Waals surface area contributed by atoms with E-state index in [0.717, 1.165) is 0 Å². The highest BCUT2D eigenvalue weighted by Crippen LogP contribution is 2.43. The zero-order chi connectivity index (χ0) is 36.5. The second kappa shape index (κ2) is 21.3. The Morgan fingerprint density at radius 3 is 0.750 bits per heavy atom. The van der Waals surface area contributed by atoms with E-state index in [9.17, 15) is 0 Å². The summed E-state index contributed by atoms with van der Waals surface area (Å²) >= 11 is 0. The van der Waals surface area contributed by atoms with Gasteiger partial charge in [0, 0.05) is 0 Å². The van der Waals surface area contributed by atoms with Crippen molar-refractivity contribution in [2.45, 2.75) is 168 Å². The predicted octanol–water partition coefficient (Wildman–Crippen LogP) is 12.1. The standard InChI is InChI=1S/C50H72Si2/c1-5-9-13-17-29-43-33-21-25-37-47(43)51(48-38-26-22-34-44(48)30-18-14-10-6-2)41-42-52(51,49-39-27-23-35-45(49)31-19-15-11-7-3)50-40-28-24-36-46(50)32-20-16-12-8-4/h21-28,33-40H,5-20,29-32,41-42H2,1-4H3. The van der Waals surface area contributed by atoms with Gasteiger partial charge in [0.1, 0.15) is 15.2 Å². The smallest absolute Gasteiger partial charge is 0.0654 e. The molecule has 0 radical (unpaired) electrons. The van der Waals surface area contributed by atoms with E-state index in [1.54, 1.807) is 22.3 Å². The first kappa shape index (κ1) is 40.5. The van der Waals surface area contributed by atoms with Crippen molar-refractivity contribution in [3.05, 3.63) is 119 Å². The van der Waals surface area contributed by atoms with Crippen LogP contribution in [0.15, 0.2) is 97.1 Å². The van der Waals surface area contributed by atoms with E-state index < -0.39 is 15.2 Å². The summed E-state index contributed by atoms with van der Waals surface area (Å²) < 4.78 is 0. The first-order valence-electron chi connectivity index (χ1n) is 22.0. The third-order valence-corrected chi connectivity index (χ3v) is 31.4. The molecule has 1 aliphatic rings. The van der Waals surface area contributed by atoms with Gasteiger partial charge in [-0.2, -0.15) is 0 Å². The monoisotopic (exact) mass is 729 g/mol. The molecule has 0 saturated carbocycles. The van der Waals surface area contributed by atoms with Crippen LogP contribution in [-0.2, 0) is 25.7 Å². The first-order valence-corrected chi connectivity index (χ1v) is 27.4. The Labute approximate surface area is 322 Å². The second-order valence-corrected chi connectivity index (χ2v) is 28.1. The van der Waals surface area contributed by atoms with Crippen molar-refractivity contribution in [1.82, 2.24) is 0 Å². The molecule has 0 unspecified atom stereocenters. The Balaban J connectivity index is 1.80. The lowest BCUT2D eigenvalue weighted by Crippen LogP contribution is -2.92. The summed E-state index contributed by atoms with van der Waals surface area (Å²) in [4.78, 5) is 0. The molecular weight excluding hydrogens is 657 g/mol. The molecule has 1 heterocycles. The van der Waals surface area contributed by atoms with Crippen LogP contribution in [0.2, 0.25) is 12.1 Å². The lowest BCUT2D eigenvalue weighted by molar-refractivity contribution is 0.667. The molecule has 52 heavy (non-hydrogen) atoms.